The first-order chi connectivity index (χ1) is 8.36. The van der Waals surface area contributed by atoms with Crippen LogP contribution in [-0.2, 0) is 19.1 Å². The van der Waals surface area contributed by atoms with Gasteiger partial charge in [-0.2, -0.15) is 0 Å². The highest BCUT2D eigenvalue weighted by Crippen LogP contribution is 1.98. The molecular weight excluding hydrogens is 238 g/mol. The van der Waals surface area contributed by atoms with Crippen molar-refractivity contribution in [3.63, 3.8) is 0 Å². The lowest BCUT2D eigenvalue weighted by atomic mass is 10.3. The second-order valence-electron chi connectivity index (χ2n) is 4.03. The van der Waals surface area contributed by atoms with Gasteiger partial charge in [0.2, 0.25) is 5.91 Å². The predicted molar refractivity (Wildman–Crippen MR) is 65.3 cm³/mol. The Balaban J connectivity index is 4.22. The number of nitrogens with one attached hydrogen (secondary N) is 2. The lowest BCUT2D eigenvalue weighted by molar-refractivity contribution is -0.145. The molecule has 0 spiro atoms. The highest BCUT2D eigenvalue weighted by atomic mass is 16.5. The summed E-state index contributed by atoms with van der Waals surface area (Å²) in [5.41, 5.74) is 4.43. The first-order valence-corrected chi connectivity index (χ1v) is 5.81. The van der Waals surface area contributed by atoms with Crippen molar-refractivity contribution in [3.8, 4) is 0 Å². The Bertz CT molecular complexity index is 305. The van der Waals surface area contributed by atoms with Gasteiger partial charge in [-0.25, -0.2) is 0 Å². The highest BCUT2D eigenvalue weighted by molar-refractivity contribution is 5.82. The van der Waals surface area contributed by atoms with Crippen molar-refractivity contribution in [2.75, 3.05) is 19.7 Å². The lowest BCUT2D eigenvalue weighted by Gasteiger charge is -2.24. The number of carbonyl (C=O) groups excluding carboxylic acids is 3. The van der Waals surface area contributed by atoms with Crippen molar-refractivity contribution in [1.82, 2.24) is 15.8 Å². The van der Waals surface area contributed by atoms with Crippen LogP contribution in [0.2, 0.25) is 0 Å². The van der Waals surface area contributed by atoms with Crippen LogP contribution in [0, 0.1) is 0 Å². The van der Waals surface area contributed by atoms with E-state index in [1.165, 1.54) is 6.92 Å². The molecule has 0 saturated carbocycles. The molecule has 0 heterocycles. The van der Waals surface area contributed by atoms with E-state index < -0.39 is 0 Å². The van der Waals surface area contributed by atoms with Gasteiger partial charge < -0.3 is 4.74 Å². The zero-order chi connectivity index (χ0) is 14.1. The summed E-state index contributed by atoms with van der Waals surface area (Å²) in [5, 5.41) is 0. The summed E-state index contributed by atoms with van der Waals surface area (Å²) in [6.07, 6.45) is 0. The Morgan fingerprint density at radius 2 is 1.78 bits per heavy atom. The third-order valence-electron chi connectivity index (χ3n) is 2.09. The maximum atomic E-state index is 11.5. The summed E-state index contributed by atoms with van der Waals surface area (Å²) in [7, 11) is 0. The molecule has 0 bridgehead atoms. The number of esters is 1. The van der Waals surface area contributed by atoms with E-state index in [1.807, 2.05) is 13.8 Å². The highest BCUT2D eigenvalue weighted by Gasteiger charge is 2.18. The molecule has 0 unspecified atom stereocenters. The number of hydrazine groups is 1. The molecule has 0 aliphatic rings. The minimum atomic E-state index is -0.386. The van der Waals surface area contributed by atoms with Crippen molar-refractivity contribution in [2.24, 2.45) is 0 Å². The molecule has 7 heteroatoms. The van der Waals surface area contributed by atoms with Crippen molar-refractivity contribution >= 4 is 17.8 Å². The molecule has 104 valence electrons. The number of hydrogen-bond donors (Lipinski definition) is 2. The van der Waals surface area contributed by atoms with Gasteiger partial charge in [0.05, 0.1) is 19.7 Å². The number of carbonyl (C=O) groups is 3. The maximum absolute atomic E-state index is 11.5. The molecule has 18 heavy (non-hydrogen) atoms. The minimum absolute atomic E-state index is 0.0107. The number of hydrogen-bond acceptors (Lipinski definition) is 5. The zero-order valence-corrected chi connectivity index (χ0v) is 11.3. The summed E-state index contributed by atoms with van der Waals surface area (Å²) in [6, 6.07) is 0.0116. The summed E-state index contributed by atoms with van der Waals surface area (Å²) in [6.45, 7) is 7.11. The van der Waals surface area contributed by atoms with Gasteiger partial charge in [-0.15, -0.1) is 0 Å². The van der Waals surface area contributed by atoms with Gasteiger partial charge in [0.25, 0.3) is 5.91 Å². The van der Waals surface area contributed by atoms with Gasteiger partial charge in [0.15, 0.2) is 0 Å². The van der Waals surface area contributed by atoms with Crippen molar-refractivity contribution in [2.45, 2.75) is 33.7 Å². The van der Waals surface area contributed by atoms with Crippen LogP contribution in [-0.4, -0.2) is 48.4 Å². The van der Waals surface area contributed by atoms with Crippen LogP contribution < -0.4 is 10.9 Å². The van der Waals surface area contributed by atoms with Crippen molar-refractivity contribution in [1.29, 1.82) is 0 Å². The van der Waals surface area contributed by atoms with Gasteiger partial charge in [-0.05, 0) is 20.8 Å². The minimum Gasteiger partial charge on any atom is -0.465 e. The molecule has 0 rings (SSSR count). The van der Waals surface area contributed by atoms with E-state index in [9.17, 15) is 14.4 Å². The van der Waals surface area contributed by atoms with Crippen LogP contribution in [0.15, 0.2) is 0 Å². The average molecular weight is 259 g/mol. The van der Waals surface area contributed by atoms with Gasteiger partial charge in [0, 0.05) is 13.0 Å². The fourth-order valence-corrected chi connectivity index (χ4v) is 1.18. The molecular formula is C11H21N3O4. The molecule has 0 aromatic heterocycles. The van der Waals surface area contributed by atoms with Crippen LogP contribution in [0.1, 0.15) is 27.7 Å². The lowest BCUT2D eigenvalue weighted by Crippen LogP contribution is -2.48. The number of nitrogens with zero attached hydrogens (tertiary/aromatic N) is 1. The van der Waals surface area contributed by atoms with E-state index in [-0.39, 0.29) is 36.9 Å². The maximum Gasteiger partial charge on any atom is 0.320 e. The Labute approximate surface area is 107 Å². The molecule has 0 radical (unpaired) electrons. The fourth-order valence-electron chi connectivity index (χ4n) is 1.18. The fraction of sp³-hybridized carbons (Fsp3) is 0.727. The van der Waals surface area contributed by atoms with Gasteiger partial charge in [-0.1, -0.05) is 0 Å². The third-order valence-corrected chi connectivity index (χ3v) is 2.09. The smallest absolute Gasteiger partial charge is 0.320 e. The quantitative estimate of drug-likeness (QED) is 0.492. The zero-order valence-electron chi connectivity index (χ0n) is 11.3. The second-order valence-corrected chi connectivity index (χ2v) is 4.03. The van der Waals surface area contributed by atoms with Gasteiger partial charge in [-0.3, -0.25) is 30.1 Å². The van der Waals surface area contributed by atoms with Crippen molar-refractivity contribution in [3.05, 3.63) is 0 Å². The average Bonchev–Trinajstić information content (AvgIpc) is 2.25. The number of ether oxygens (including phenoxy) is 1. The van der Waals surface area contributed by atoms with Crippen LogP contribution in [0.3, 0.4) is 0 Å². The standard InChI is InChI=1S/C11H21N3O4/c1-5-18-11(17)7-14(8(2)3)6-10(16)13-12-9(4)15/h8H,5-7H2,1-4H3,(H,12,15)(H,13,16). The first-order valence-electron chi connectivity index (χ1n) is 5.81. The molecule has 2 amide bonds. The molecule has 0 atom stereocenters. The molecule has 0 aromatic rings. The van der Waals surface area contributed by atoms with Gasteiger partial charge in [0.1, 0.15) is 0 Å². The predicted octanol–water partition coefficient (Wildman–Crippen LogP) is -0.573. The molecule has 0 aliphatic carbocycles. The van der Waals surface area contributed by atoms with Crippen LogP contribution in [0.25, 0.3) is 0 Å². The molecule has 0 aromatic carbocycles. The third kappa shape index (κ3) is 7.61. The van der Waals surface area contributed by atoms with E-state index in [0.717, 1.165) is 0 Å². The SMILES string of the molecule is CCOC(=O)CN(CC(=O)NNC(C)=O)C(C)C. The van der Waals surface area contributed by atoms with E-state index in [4.69, 9.17) is 4.74 Å². The summed E-state index contributed by atoms with van der Waals surface area (Å²) in [4.78, 5) is 35.1. The normalized spacial score (nSPS) is 10.3. The molecule has 0 aliphatic heterocycles. The number of amides is 2. The molecule has 0 saturated heterocycles. The summed E-state index contributed by atoms with van der Waals surface area (Å²) < 4.78 is 4.82. The Hall–Kier alpha value is -1.63. The van der Waals surface area contributed by atoms with Crippen LogP contribution >= 0.6 is 0 Å². The molecule has 0 fully saturated rings. The summed E-state index contributed by atoms with van der Waals surface area (Å²) in [5.74, 6) is -1.12. The van der Waals surface area contributed by atoms with E-state index >= 15 is 0 Å². The number of rotatable bonds is 6. The second kappa shape index (κ2) is 8.46. The van der Waals surface area contributed by atoms with E-state index in [1.54, 1.807) is 11.8 Å². The molecule has 7 nitrogen and oxygen atoms in total. The van der Waals surface area contributed by atoms with Gasteiger partial charge >= 0.3 is 5.97 Å². The summed E-state index contributed by atoms with van der Waals surface area (Å²) >= 11 is 0. The largest absolute Gasteiger partial charge is 0.465 e. The molecule has 2 N–H and O–H groups in total. The van der Waals surface area contributed by atoms with Crippen LogP contribution in [0.5, 0.6) is 0 Å². The Morgan fingerprint density at radius 1 is 1.17 bits per heavy atom. The van der Waals surface area contributed by atoms with Crippen molar-refractivity contribution < 1.29 is 19.1 Å². The topological polar surface area (TPSA) is 87.7 Å². The van der Waals surface area contributed by atoms with E-state index in [2.05, 4.69) is 10.9 Å². The Morgan fingerprint density at radius 3 is 2.22 bits per heavy atom. The van der Waals surface area contributed by atoms with Crippen LogP contribution in [0.4, 0.5) is 0 Å². The Kier molecular flexibility index (Phi) is 7.69. The first kappa shape index (κ1) is 16.4. The van der Waals surface area contributed by atoms with E-state index in [0.29, 0.717) is 6.61 Å². The monoisotopic (exact) mass is 259 g/mol.